The Morgan fingerprint density at radius 1 is 1.46 bits per heavy atom. The molecule has 0 aromatic carbocycles. The lowest BCUT2D eigenvalue weighted by Crippen LogP contribution is -2.49. The summed E-state index contributed by atoms with van der Waals surface area (Å²) >= 11 is 0. The molecular formula is C17H29N5O2. The van der Waals surface area contributed by atoms with Crippen molar-refractivity contribution in [3.8, 4) is 0 Å². The van der Waals surface area contributed by atoms with Crippen molar-refractivity contribution in [3.05, 3.63) is 18.0 Å². The molecule has 2 heterocycles. The number of amides is 2. The second kappa shape index (κ2) is 7.53. The van der Waals surface area contributed by atoms with Gasteiger partial charge in [0.1, 0.15) is 6.10 Å². The van der Waals surface area contributed by atoms with Gasteiger partial charge in [-0.15, -0.1) is 0 Å². The fourth-order valence-electron chi connectivity index (χ4n) is 3.58. The Morgan fingerprint density at radius 2 is 2.29 bits per heavy atom. The summed E-state index contributed by atoms with van der Waals surface area (Å²) in [5.74, 6) is 0. The van der Waals surface area contributed by atoms with E-state index in [1.165, 1.54) is 0 Å². The van der Waals surface area contributed by atoms with Crippen molar-refractivity contribution in [3.63, 3.8) is 0 Å². The Kier molecular flexibility index (Phi) is 5.40. The number of morpholine rings is 1. The molecule has 2 amide bonds. The fourth-order valence-corrected chi connectivity index (χ4v) is 3.58. The van der Waals surface area contributed by atoms with E-state index in [-0.39, 0.29) is 18.2 Å². The average molecular weight is 335 g/mol. The number of hydrogen-bond acceptors (Lipinski definition) is 4. The Labute approximate surface area is 143 Å². The van der Waals surface area contributed by atoms with Crippen LogP contribution in [-0.2, 0) is 11.3 Å². The number of aryl methyl sites for hydroxylation is 1. The summed E-state index contributed by atoms with van der Waals surface area (Å²) in [6.07, 6.45) is 7.02. The van der Waals surface area contributed by atoms with Gasteiger partial charge in [0, 0.05) is 36.9 Å². The maximum Gasteiger partial charge on any atom is 0.317 e. The summed E-state index contributed by atoms with van der Waals surface area (Å²) in [6, 6.07) is 0.900. The average Bonchev–Trinajstić information content (AvgIpc) is 3.24. The third kappa shape index (κ3) is 3.89. The summed E-state index contributed by atoms with van der Waals surface area (Å²) in [6.45, 7) is 4.70. The van der Waals surface area contributed by atoms with Crippen molar-refractivity contribution in [2.24, 2.45) is 0 Å². The van der Waals surface area contributed by atoms with Gasteiger partial charge in [-0.3, -0.25) is 4.68 Å². The lowest BCUT2D eigenvalue weighted by atomic mass is 10.1. The number of nitrogens with one attached hydrogen (secondary N) is 1. The standard InChI is InChI=1S/C17H29N5O2/c1-4-22-11-13(10-18-22)16-12-21(7-8-24-16)17(23)19-14-5-6-15(9-14)20(2)3/h10-11,14-16H,4-9,12H2,1-3H3,(H,19,23)/t14-,15+,16+/m1/s1. The van der Waals surface area contributed by atoms with Crippen LogP contribution in [0, 0.1) is 0 Å². The SMILES string of the molecule is CCn1cc([C@@H]2CN(C(=O)N[C@@H]3CC[C@H](N(C)C)C3)CCO2)cn1. The highest BCUT2D eigenvalue weighted by atomic mass is 16.5. The van der Waals surface area contributed by atoms with Crippen molar-refractivity contribution >= 4 is 6.03 Å². The summed E-state index contributed by atoms with van der Waals surface area (Å²) < 4.78 is 7.73. The molecule has 2 aliphatic rings. The Morgan fingerprint density at radius 3 is 2.96 bits per heavy atom. The second-order valence-electron chi connectivity index (χ2n) is 7.01. The van der Waals surface area contributed by atoms with E-state index in [1.54, 1.807) is 0 Å². The van der Waals surface area contributed by atoms with Crippen molar-refractivity contribution < 1.29 is 9.53 Å². The monoisotopic (exact) mass is 335 g/mol. The van der Waals surface area contributed by atoms with Gasteiger partial charge in [-0.05, 0) is 40.3 Å². The topological polar surface area (TPSA) is 62.6 Å². The van der Waals surface area contributed by atoms with Gasteiger partial charge in [0.25, 0.3) is 0 Å². The van der Waals surface area contributed by atoms with Crippen molar-refractivity contribution in [2.45, 2.75) is 50.9 Å². The van der Waals surface area contributed by atoms with Gasteiger partial charge < -0.3 is 19.9 Å². The zero-order valence-corrected chi connectivity index (χ0v) is 14.9. The van der Waals surface area contributed by atoms with E-state index < -0.39 is 0 Å². The molecule has 1 saturated heterocycles. The third-order valence-corrected chi connectivity index (χ3v) is 5.17. The van der Waals surface area contributed by atoms with E-state index >= 15 is 0 Å². The van der Waals surface area contributed by atoms with Crippen LogP contribution in [0.15, 0.2) is 12.4 Å². The molecule has 3 atom stereocenters. The first kappa shape index (κ1) is 17.2. The van der Waals surface area contributed by atoms with Crippen molar-refractivity contribution in [1.29, 1.82) is 0 Å². The van der Waals surface area contributed by atoms with Gasteiger partial charge in [0.05, 0.1) is 19.3 Å². The quantitative estimate of drug-likeness (QED) is 0.905. The van der Waals surface area contributed by atoms with Crippen LogP contribution in [0.2, 0.25) is 0 Å². The van der Waals surface area contributed by atoms with Crippen LogP contribution in [-0.4, -0.2) is 71.5 Å². The molecule has 0 radical (unpaired) electrons. The van der Waals surface area contributed by atoms with Crippen molar-refractivity contribution in [1.82, 2.24) is 24.9 Å². The predicted molar refractivity (Wildman–Crippen MR) is 91.8 cm³/mol. The molecule has 7 nitrogen and oxygen atoms in total. The lowest BCUT2D eigenvalue weighted by molar-refractivity contribution is -0.0158. The summed E-state index contributed by atoms with van der Waals surface area (Å²) in [5, 5.41) is 7.51. The van der Waals surface area contributed by atoms with E-state index in [9.17, 15) is 4.79 Å². The highest BCUT2D eigenvalue weighted by molar-refractivity contribution is 5.74. The minimum Gasteiger partial charge on any atom is -0.370 e. The molecule has 134 valence electrons. The Bertz CT molecular complexity index is 559. The van der Waals surface area contributed by atoms with E-state index in [1.807, 2.05) is 22.0 Å². The number of nitrogens with zero attached hydrogens (tertiary/aromatic N) is 4. The lowest BCUT2D eigenvalue weighted by Gasteiger charge is -2.33. The predicted octanol–water partition coefficient (Wildman–Crippen LogP) is 1.47. The minimum absolute atomic E-state index is 0.0376. The van der Waals surface area contributed by atoms with Crippen LogP contribution in [0.25, 0.3) is 0 Å². The van der Waals surface area contributed by atoms with Crippen LogP contribution in [0.3, 0.4) is 0 Å². The largest absolute Gasteiger partial charge is 0.370 e. The maximum atomic E-state index is 12.6. The van der Waals surface area contributed by atoms with Crippen LogP contribution < -0.4 is 5.32 Å². The number of carbonyl (C=O) groups is 1. The van der Waals surface area contributed by atoms with Gasteiger partial charge in [-0.1, -0.05) is 0 Å². The smallest absolute Gasteiger partial charge is 0.317 e. The first-order valence-electron chi connectivity index (χ1n) is 8.92. The fraction of sp³-hybridized carbons (Fsp3) is 0.765. The third-order valence-electron chi connectivity index (χ3n) is 5.17. The number of ether oxygens (including phenoxy) is 1. The molecule has 7 heteroatoms. The molecule has 1 aliphatic heterocycles. The molecule has 24 heavy (non-hydrogen) atoms. The number of hydrogen-bond donors (Lipinski definition) is 1. The van der Waals surface area contributed by atoms with Gasteiger partial charge in [0.2, 0.25) is 0 Å². The molecule has 0 spiro atoms. The number of urea groups is 1. The number of carbonyl (C=O) groups excluding carboxylic acids is 1. The van der Waals surface area contributed by atoms with Gasteiger partial charge >= 0.3 is 6.03 Å². The maximum absolute atomic E-state index is 12.6. The molecule has 1 saturated carbocycles. The molecule has 0 bridgehead atoms. The highest BCUT2D eigenvalue weighted by Gasteiger charge is 2.31. The Balaban J connectivity index is 1.53. The number of rotatable bonds is 4. The molecule has 1 N–H and O–H groups in total. The van der Waals surface area contributed by atoms with Crippen LogP contribution in [0.4, 0.5) is 4.79 Å². The first-order valence-corrected chi connectivity index (χ1v) is 8.92. The summed E-state index contributed by atoms with van der Waals surface area (Å²) in [4.78, 5) is 16.7. The first-order chi connectivity index (χ1) is 11.6. The number of aromatic nitrogens is 2. The van der Waals surface area contributed by atoms with Gasteiger partial charge in [-0.25, -0.2) is 4.79 Å². The molecule has 1 aromatic heterocycles. The summed E-state index contributed by atoms with van der Waals surface area (Å²) in [5.41, 5.74) is 1.04. The highest BCUT2D eigenvalue weighted by Crippen LogP contribution is 2.24. The van der Waals surface area contributed by atoms with Crippen LogP contribution in [0.1, 0.15) is 37.9 Å². The van der Waals surface area contributed by atoms with E-state index in [4.69, 9.17) is 4.74 Å². The summed E-state index contributed by atoms with van der Waals surface area (Å²) in [7, 11) is 4.22. The molecule has 1 aliphatic carbocycles. The minimum atomic E-state index is -0.0806. The van der Waals surface area contributed by atoms with Crippen molar-refractivity contribution in [2.75, 3.05) is 33.8 Å². The zero-order valence-electron chi connectivity index (χ0n) is 14.9. The van der Waals surface area contributed by atoms with E-state index in [0.29, 0.717) is 25.7 Å². The molecule has 2 fully saturated rings. The molecule has 1 aromatic rings. The zero-order chi connectivity index (χ0) is 17.1. The van der Waals surface area contributed by atoms with Gasteiger partial charge in [-0.2, -0.15) is 5.10 Å². The van der Waals surface area contributed by atoms with Crippen LogP contribution >= 0.6 is 0 Å². The Hall–Kier alpha value is -1.60. The van der Waals surface area contributed by atoms with E-state index in [2.05, 4.69) is 36.3 Å². The second-order valence-corrected chi connectivity index (χ2v) is 7.01. The molecule has 3 rings (SSSR count). The molecule has 0 unspecified atom stereocenters. The van der Waals surface area contributed by atoms with Gasteiger partial charge in [0.15, 0.2) is 0 Å². The van der Waals surface area contributed by atoms with Crippen LogP contribution in [0.5, 0.6) is 0 Å². The van der Waals surface area contributed by atoms with E-state index in [0.717, 1.165) is 31.4 Å². The normalized spacial score (nSPS) is 27.7. The molecular weight excluding hydrogens is 306 g/mol.